The van der Waals surface area contributed by atoms with Crippen molar-refractivity contribution in [1.29, 1.82) is 0 Å². The first-order valence-corrected chi connectivity index (χ1v) is 8.07. The van der Waals surface area contributed by atoms with E-state index in [0.29, 0.717) is 18.0 Å². The number of aromatic nitrogens is 1. The highest BCUT2D eigenvalue weighted by molar-refractivity contribution is 8.00. The molecule has 2 rings (SSSR count). The molecule has 0 spiro atoms. The zero-order chi connectivity index (χ0) is 16.7. The minimum atomic E-state index is -0.213. The van der Waals surface area contributed by atoms with Crippen molar-refractivity contribution < 1.29 is 14.3 Å². The van der Waals surface area contributed by atoms with Gasteiger partial charge in [0.25, 0.3) is 0 Å². The Morgan fingerprint density at radius 2 is 1.87 bits per heavy atom. The van der Waals surface area contributed by atoms with Crippen molar-refractivity contribution in [3.8, 4) is 11.5 Å². The van der Waals surface area contributed by atoms with Gasteiger partial charge in [-0.05, 0) is 42.8 Å². The molecule has 0 saturated heterocycles. The number of methoxy groups -OCH3 is 2. The lowest BCUT2D eigenvalue weighted by Crippen LogP contribution is -2.30. The summed E-state index contributed by atoms with van der Waals surface area (Å²) < 4.78 is 10.5. The van der Waals surface area contributed by atoms with E-state index >= 15 is 0 Å². The number of hydrogen-bond acceptors (Lipinski definition) is 5. The Hall–Kier alpha value is -2.21. The highest BCUT2D eigenvalue weighted by Gasteiger charge is 2.15. The maximum absolute atomic E-state index is 12.2. The Morgan fingerprint density at radius 3 is 2.52 bits per heavy atom. The van der Waals surface area contributed by atoms with Crippen LogP contribution < -0.4 is 14.8 Å². The van der Waals surface area contributed by atoms with Crippen LogP contribution in [0.5, 0.6) is 11.5 Å². The zero-order valence-corrected chi connectivity index (χ0v) is 14.2. The van der Waals surface area contributed by atoms with E-state index in [4.69, 9.17) is 9.47 Å². The van der Waals surface area contributed by atoms with Crippen LogP contribution >= 0.6 is 11.8 Å². The van der Waals surface area contributed by atoms with Gasteiger partial charge in [0, 0.05) is 23.8 Å². The van der Waals surface area contributed by atoms with Gasteiger partial charge in [-0.2, -0.15) is 0 Å². The first-order valence-electron chi connectivity index (χ1n) is 7.19. The summed E-state index contributed by atoms with van der Waals surface area (Å²) in [6.45, 7) is 2.38. The van der Waals surface area contributed by atoms with Crippen molar-refractivity contribution in [2.45, 2.75) is 23.6 Å². The van der Waals surface area contributed by atoms with Crippen molar-refractivity contribution in [3.63, 3.8) is 0 Å². The summed E-state index contributed by atoms with van der Waals surface area (Å²) >= 11 is 1.48. The second kappa shape index (κ2) is 8.43. The molecule has 1 N–H and O–H groups in total. The molecule has 1 unspecified atom stereocenters. The molecule has 0 radical (unpaired) electrons. The predicted molar refractivity (Wildman–Crippen MR) is 90.9 cm³/mol. The fourth-order valence-electron chi connectivity index (χ4n) is 1.98. The maximum Gasteiger partial charge on any atom is 0.233 e. The minimum Gasteiger partial charge on any atom is -0.493 e. The number of nitrogens with one attached hydrogen (secondary N) is 1. The number of benzene rings is 1. The van der Waals surface area contributed by atoms with Crippen LogP contribution in [0.4, 0.5) is 0 Å². The fourth-order valence-corrected chi connectivity index (χ4v) is 2.90. The van der Waals surface area contributed by atoms with Crippen molar-refractivity contribution in [3.05, 3.63) is 48.3 Å². The number of ether oxygens (including phenoxy) is 2. The first kappa shape index (κ1) is 17.1. The van der Waals surface area contributed by atoms with Gasteiger partial charge in [-0.1, -0.05) is 0 Å². The molecule has 0 bridgehead atoms. The first-order chi connectivity index (χ1) is 11.1. The highest BCUT2D eigenvalue weighted by atomic mass is 32.2. The molecule has 1 heterocycles. The second-order valence-corrected chi connectivity index (χ2v) is 6.26. The average Bonchev–Trinajstić information content (AvgIpc) is 2.60. The number of rotatable bonds is 7. The topological polar surface area (TPSA) is 60.5 Å². The molecule has 1 aromatic carbocycles. The molecular formula is C17H20N2O3S. The van der Waals surface area contributed by atoms with Crippen molar-refractivity contribution >= 4 is 17.7 Å². The van der Waals surface area contributed by atoms with E-state index in [1.54, 1.807) is 26.6 Å². The summed E-state index contributed by atoms with van der Waals surface area (Å²) in [5.41, 5.74) is 1.02. The van der Waals surface area contributed by atoms with Crippen LogP contribution in [0.2, 0.25) is 0 Å². The Bertz CT molecular complexity index is 650. The van der Waals surface area contributed by atoms with Crippen molar-refractivity contribution in [1.82, 2.24) is 10.3 Å². The quantitative estimate of drug-likeness (QED) is 0.790. The number of amides is 1. The standard InChI is InChI=1S/C17H20N2O3S/c1-12(17(20)19-11-13-6-8-18-9-7-13)23-14-4-5-15(21-2)16(10-14)22-3/h4-10,12H,11H2,1-3H3,(H,19,20). The van der Waals surface area contributed by atoms with E-state index in [9.17, 15) is 4.79 Å². The van der Waals surface area contributed by atoms with E-state index in [1.807, 2.05) is 37.3 Å². The number of nitrogens with zero attached hydrogens (tertiary/aromatic N) is 1. The molecule has 5 nitrogen and oxygen atoms in total. The monoisotopic (exact) mass is 332 g/mol. The van der Waals surface area contributed by atoms with Crippen LogP contribution in [0.1, 0.15) is 12.5 Å². The van der Waals surface area contributed by atoms with Crippen molar-refractivity contribution in [2.75, 3.05) is 14.2 Å². The van der Waals surface area contributed by atoms with Crippen LogP contribution in [0, 0.1) is 0 Å². The highest BCUT2D eigenvalue weighted by Crippen LogP contribution is 2.33. The van der Waals surface area contributed by atoms with Gasteiger partial charge >= 0.3 is 0 Å². The molecule has 0 saturated carbocycles. The number of thioether (sulfide) groups is 1. The Balaban J connectivity index is 1.93. The van der Waals surface area contributed by atoms with E-state index in [-0.39, 0.29) is 11.2 Å². The third-order valence-electron chi connectivity index (χ3n) is 3.25. The lowest BCUT2D eigenvalue weighted by Gasteiger charge is -2.14. The lowest BCUT2D eigenvalue weighted by atomic mass is 10.2. The van der Waals surface area contributed by atoms with Crippen LogP contribution in [0.25, 0.3) is 0 Å². The molecule has 0 aliphatic carbocycles. The molecule has 1 aromatic heterocycles. The third kappa shape index (κ3) is 4.89. The summed E-state index contributed by atoms with van der Waals surface area (Å²) in [5.74, 6) is 1.31. The van der Waals surface area contributed by atoms with E-state index < -0.39 is 0 Å². The smallest absolute Gasteiger partial charge is 0.233 e. The molecule has 1 amide bonds. The molecule has 23 heavy (non-hydrogen) atoms. The van der Waals surface area contributed by atoms with Gasteiger partial charge in [-0.15, -0.1) is 11.8 Å². The Morgan fingerprint density at radius 1 is 1.17 bits per heavy atom. The fraction of sp³-hybridized carbons (Fsp3) is 0.294. The second-order valence-electron chi connectivity index (χ2n) is 4.85. The Kier molecular flexibility index (Phi) is 6.29. The van der Waals surface area contributed by atoms with Crippen LogP contribution in [-0.2, 0) is 11.3 Å². The summed E-state index contributed by atoms with van der Waals surface area (Å²) in [6.07, 6.45) is 3.42. The van der Waals surface area contributed by atoms with E-state index in [1.165, 1.54) is 11.8 Å². The maximum atomic E-state index is 12.2. The average molecular weight is 332 g/mol. The predicted octanol–water partition coefficient (Wildman–Crippen LogP) is 2.90. The van der Waals surface area contributed by atoms with Gasteiger partial charge in [0.15, 0.2) is 11.5 Å². The summed E-state index contributed by atoms with van der Waals surface area (Å²) in [7, 11) is 3.19. The molecule has 1 atom stereocenters. The molecule has 6 heteroatoms. The largest absolute Gasteiger partial charge is 0.493 e. The molecule has 2 aromatic rings. The van der Waals surface area contributed by atoms with Crippen LogP contribution in [0.3, 0.4) is 0 Å². The molecule has 0 aliphatic rings. The summed E-state index contributed by atoms with van der Waals surface area (Å²) in [4.78, 5) is 17.1. The van der Waals surface area contributed by atoms with Gasteiger partial charge in [0.05, 0.1) is 19.5 Å². The lowest BCUT2D eigenvalue weighted by molar-refractivity contribution is -0.120. The van der Waals surface area contributed by atoms with E-state index in [2.05, 4.69) is 10.3 Å². The summed E-state index contributed by atoms with van der Waals surface area (Å²) in [6, 6.07) is 9.39. The van der Waals surface area contributed by atoms with Gasteiger partial charge in [0.1, 0.15) is 0 Å². The number of hydrogen-bond donors (Lipinski definition) is 1. The van der Waals surface area contributed by atoms with E-state index in [0.717, 1.165) is 10.5 Å². The van der Waals surface area contributed by atoms with Crippen molar-refractivity contribution in [2.24, 2.45) is 0 Å². The molecule has 0 aliphatic heterocycles. The third-order valence-corrected chi connectivity index (χ3v) is 4.35. The van der Waals surface area contributed by atoms with Gasteiger partial charge < -0.3 is 14.8 Å². The SMILES string of the molecule is COc1ccc(SC(C)C(=O)NCc2ccncc2)cc1OC. The van der Waals surface area contributed by atoms with Crippen LogP contribution in [0.15, 0.2) is 47.6 Å². The number of carbonyl (C=O) groups is 1. The number of pyridine rings is 1. The minimum absolute atomic E-state index is 0.0124. The normalized spacial score (nSPS) is 11.6. The number of carbonyl (C=O) groups excluding carboxylic acids is 1. The van der Waals surface area contributed by atoms with Gasteiger partial charge in [0.2, 0.25) is 5.91 Å². The van der Waals surface area contributed by atoms with Crippen LogP contribution in [-0.4, -0.2) is 30.4 Å². The summed E-state index contributed by atoms with van der Waals surface area (Å²) in [5, 5.41) is 2.71. The molecule has 0 fully saturated rings. The molecule has 122 valence electrons. The Labute approximate surface area is 140 Å². The van der Waals surface area contributed by atoms with Gasteiger partial charge in [-0.25, -0.2) is 0 Å². The molecular weight excluding hydrogens is 312 g/mol. The zero-order valence-electron chi connectivity index (χ0n) is 13.4. The van der Waals surface area contributed by atoms with Gasteiger partial charge in [-0.3, -0.25) is 9.78 Å².